The molecule has 116 valence electrons. The van der Waals surface area contributed by atoms with Gasteiger partial charge in [0.15, 0.2) is 28.9 Å². The number of halogens is 3. The number of para-hydroxylation sites is 2. The average molecular weight is 309 g/mol. The molecule has 0 atom stereocenters. The third-order valence-electron chi connectivity index (χ3n) is 3.60. The van der Waals surface area contributed by atoms with Gasteiger partial charge in [-0.05, 0) is 25.0 Å². The Bertz CT molecular complexity index is 700. The molecule has 0 aliphatic carbocycles. The molecule has 0 saturated carbocycles. The fraction of sp³-hybridized carbons (Fsp3) is 0.250. The zero-order valence-corrected chi connectivity index (χ0v) is 11.7. The highest BCUT2D eigenvalue weighted by atomic mass is 19.2. The quantitative estimate of drug-likeness (QED) is 0.862. The van der Waals surface area contributed by atoms with Gasteiger partial charge in [-0.2, -0.15) is 4.39 Å². The summed E-state index contributed by atoms with van der Waals surface area (Å²) in [6.45, 7) is 1.08. The highest BCUT2D eigenvalue weighted by Gasteiger charge is 2.27. The molecule has 22 heavy (non-hydrogen) atoms. The van der Waals surface area contributed by atoms with Crippen LogP contribution in [0.2, 0.25) is 0 Å². The molecule has 6 heteroatoms. The summed E-state index contributed by atoms with van der Waals surface area (Å²) in [5.41, 5.74) is -0.111. The predicted molar refractivity (Wildman–Crippen MR) is 75.9 cm³/mol. The number of hydrogen-bond donors (Lipinski definition) is 1. The molecule has 1 N–H and O–H groups in total. The van der Waals surface area contributed by atoms with Crippen LogP contribution in [0, 0.1) is 17.5 Å². The van der Waals surface area contributed by atoms with Crippen LogP contribution in [0.1, 0.15) is 12.8 Å². The number of phenolic OH excluding ortho intramolecular Hbond substituents is 1. The Hall–Kier alpha value is -2.37. The van der Waals surface area contributed by atoms with Crippen LogP contribution in [0.3, 0.4) is 0 Å². The summed E-state index contributed by atoms with van der Waals surface area (Å²) in [5, 5.41) is 9.71. The van der Waals surface area contributed by atoms with Gasteiger partial charge in [0.1, 0.15) is 5.69 Å². The maximum Gasteiger partial charge on any atom is 0.203 e. The van der Waals surface area contributed by atoms with Crippen molar-refractivity contribution in [3.8, 4) is 17.2 Å². The van der Waals surface area contributed by atoms with E-state index in [4.69, 9.17) is 4.74 Å². The fourth-order valence-corrected chi connectivity index (χ4v) is 2.55. The number of nitrogens with zero attached hydrogens (tertiary/aromatic N) is 1. The van der Waals surface area contributed by atoms with Crippen molar-refractivity contribution in [2.45, 2.75) is 12.8 Å². The number of hydrogen-bond acceptors (Lipinski definition) is 3. The molecule has 0 radical (unpaired) electrons. The first kappa shape index (κ1) is 14.6. The van der Waals surface area contributed by atoms with E-state index in [-0.39, 0.29) is 17.2 Å². The molecular formula is C16H14F3NO2. The highest BCUT2D eigenvalue weighted by Crippen LogP contribution is 2.41. The summed E-state index contributed by atoms with van der Waals surface area (Å²) in [5.74, 6) is -4.32. The van der Waals surface area contributed by atoms with E-state index < -0.39 is 23.2 Å². The molecule has 1 saturated heterocycles. The molecule has 0 amide bonds. The van der Waals surface area contributed by atoms with Crippen molar-refractivity contribution in [3.05, 3.63) is 47.8 Å². The molecule has 0 aromatic heterocycles. The van der Waals surface area contributed by atoms with Gasteiger partial charge in [0, 0.05) is 19.2 Å². The molecule has 1 aliphatic heterocycles. The molecule has 1 fully saturated rings. The summed E-state index contributed by atoms with van der Waals surface area (Å²) in [6, 6.07) is 6.38. The molecule has 2 aromatic rings. The van der Waals surface area contributed by atoms with Crippen LogP contribution < -0.4 is 9.64 Å². The van der Waals surface area contributed by atoms with Gasteiger partial charge in [-0.15, -0.1) is 0 Å². The third-order valence-corrected chi connectivity index (χ3v) is 3.60. The molecule has 3 rings (SSSR count). The minimum atomic E-state index is -1.33. The SMILES string of the molecule is Oc1ccccc1Oc1c(F)c(F)cc(F)c1N1CCCC1. The van der Waals surface area contributed by atoms with E-state index in [9.17, 15) is 18.3 Å². The number of ether oxygens (including phenoxy) is 1. The second kappa shape index (κ2) is 5.79. The van der Waals surface area contributed by atoms with Gasteiger partial charge in [-0.1, -0.05) is 12.1 Å². The van der Waals surface area contributed by atoms with E-state index in [2.05, 4.69) is 0 Å². The standard InChI is InChI=1S/C16H14F3NO2/c17-10-9-11(18)15(20-7-3-4-8-20)16(14(10)19)22-13-6-2-1-5-12(13)21/h1-2,5-6,9,21H,3-4,7-8H2. The lowest BCUT2D eigenvalue weighted by Crippen LogP contribution is -2.20. The van der Waals surface area contributed by atoms with Crippen LogP contribution >= 0.6 is 0 Å². The topological polar surface area (TPSA) is 32.7 Å². The number of benzene rings is 2. The van der Waals surface area contributed by atoms with Crippen LogP contribution in [-0.4, -0.2) is 18.2 Å². The zero-order chi connectivity index (χ0) is 15.7. The number of rotatable bonds is 3. The van der Waals surface area contributed by atoms with Crippen molar-refractivity contribution >= 4 is 5.69 Å². The van der Waals surface area contributed by atoms with Crippen LogP contribution in [0.15, 0.2) is 30.3 Å². The van der Waals surface area contributed by atoms with E-state index in [1.54, 1.807) is 17.0 Å². The number of anilines is 1. The summed E-state index contributed by atoms with van der Waals surface area (Å²) < 4.78 is 47.1. The Morgan fingerprint density at radius 1 is 1.00 bits per heavy atom. The van der Waals surface area contributed by atoms with Gasteiger partial charge in [-0.3, -0.25) is 0 Å². The molecule has 1 aliphatic rings. The molecular weight excluding hydrogens is 295 g/mol. The Morgan fingerprint density at radius 2 is 1.68 bits per heavy atom. The van der Waals surface area contributed by atoms with Crippen molar-refractivity contribution in [1.29, 1.82) is 0 Å². The molecule has 1 heterocycles. The molecule has 0 unspecified atom stereocenters. The zero-order valence-electron chi connectivity index (χ0n) is 11.7. The smallest absolute Gasteiger partial charge is 0.203 e. The molecule has 0 bridgehead atoms. The lowest BCUT2D eigenvalue weighted by atomic mass is 10.2. The predicted octanol–water partition coefficient (Wildman–Crippen LogP) is 4.20. The first-order chi connectivity index (χ1) is 10.6. The average Bonchev–Trinajstić information content (AvgIpc) is 3.00. The maximum atomic E-state index is 14.2. The summed E-state index contributed by atoms with van der Waals surface area (Å²) in [6.07, 6.45) is 1.68. The first-order valence-corrected chi connectivity index (χ1v) is 6.96. The fourth-order valence-electron chi connectivity index (χ4n) is 2.55. The highest BCUT2D eigenvalue weighted by molar-refractivity contribution is 5.62. The second-order valence-electron chi connectivity index (χ2n) is 5.10. The lowest BCUT2D eigenvalue weighted by Gasteiger charge is -2.22. The van der Waals surface area contributed by atoms with Crippen LogP contribution in [0.5, 0.6) is 17.2 Å². The number of phenols is 1. The van der Waals surface area contributed by atoms with Crippen LogP contribution in [0.25, 0.3) is 0 Å². The van der Waals surface area contributed by atoms with Crippen molar-refractivity contribution in [2.24, 2.45) is 0 Å². The van der Waals surface area contributed by atoms with Crippen molar-refractivity contribution in [3.63, 3.8) is 0 Å². The van der Waals surface area contributed by atoms with Gasteiger partial charge in [-0.25, -0.2) is 8.78 Å². The molecule has 3 nitrogen and oxygen atoms in total. The van der Waals surface area contributed by atoms with Gasteiger partial charge in [0.05, 0.1) is 0 Å². The van der Waals surface area contributed by atoms with Crippen LogP contribution in [0.4, 0.5) is 18.9 Å². The summed E-state index contributed by atoms with van der Waals surface area (Å²) in [4.78, 5) is 1.62. The Balaban J connectivity index is 2.10. The number of aromatic hydroxyl groups is 1. The Morgan fingerprint density at radius 3 is 2.36 bits per heavy atom. The minimum Gasteiger partial charge on any atom is -0.504 e. The Labute approximate surface area is 125 Å². The minimum absolute atomic E-state index is 0.0631. The van der Waals surface area contributed by atoms with Gasteiger partial charge in [0.2, 0.25) is 5.82 Å². The van der Waals surface area contributed by atoms with Gasteiger partial charge in [0.25, 0.3) is 0 Å². The van der Waals surface area contributed by atoms with Crippen molar-refractivity contribution in [2.75, 3.05) is 18.0 Å². The monoisotopic (exact) mass is 309 g/mol. The van der Waals surface area contributed by atoms with Crippen LogP contribution in [-0.2, 0) is 0 Å². The van der Waals surface area contributed by atoms with E-state index in [1.165, 1.54) is 12.1 Å². The Kier molecular flexibility index (Phi) is 3.83. The van der Waals surface area contributed by atoms with E-state index in [1.807, 2.05) is 0 Å². The van der Waals surface area contributed by atoms with Crippen molar-refractivity contribution < 1.29 is 23.0 Å². The van der Waals surface area contributed by atoms with E-state index in [0.717, 1.165) is 12.8 Å². The van der Waals surface area contributed by atoms with Gasteiger partial charge < -0.3 is 14.7 Å². The lowest BCUT2D eigenvalue weighted by molar-refractivity contribution is 0.381. The maximum absolute atomic E-state index is 14.2. The first-order valence-electron chi connectivity index (χ1n) is 6.96. The molecule has 2 aromatic carbocycles. The summed E-state index contributed by atoms with van der Waals surface area (Å²) >= 11 is 0. The van der Waals surface area contributed by atoms with Gasteiger partial charge >= 0.3 is 0 Å². The van der Waals surface area contributed by atoms with E-state index >= 15 is 0 Å². The largest absolute Gasteiger partial charge is 0.504 e. The van der Waals surface area contributed by atoms with E-state index in [0.29, 0.717) is 19.2 Å². The second-order valence-corrected chi connectivity index (χ2v) is 5.10. The van der Waals surface area contributed by atoms with Crippen molar-refractivity contribution in [1.82, 2.24) is 0 Å². The third kappa shape index (κ3) is 2.56. The normalized spacial score (nSPS) is 14.4. The summed E-state index contributed by atoms with van der Waals surface area (Å²) in [7, 11) is 0. The molecule has 0 spiro atoms.